The first kappa shape index (κ1) is 64.5. The Bertz CT molecular complexity index is 1510. The van der Waals surface area contributed by atoms with Gasteiger partial charge in [-0.2, -0.15) is 0 Å². The largest absolute Gasteiger partial charge is 0.462 e. The van der Waals surface area contributed by atoms with Gasteiger partial charge in [0, 0.05) is 19.3 Å². The van der Waals surface area contributed by atoms with Gasteiger partial charge >= 0.3 is 17.9 Å². The Kier molecular flexibility index (Phi) is 52.5. The van der Waals surface area contributed by atoms with E-state index in [1.807, 2.05) is 12.2 Å². The van der Waals surface area contributed by atoms with Crippen LogP contribution in [-0.2, 0) is 28.6 Å². The molecule has 0 rings (SSSR count). The Balaban J connectivity index is 4.52. The van der Waals surface area contributed by atoms with Crippen molar-refractivity contribution in [2.45, 2.75) is 232 Å². The lowest BCUT2D eigenvalue weighted by molar-refractivity contribution is -0.166. The summed E-state index contributed by atoms with van der Waals surface area (Å²) >= 11 is 0. The lowest BCUT2D eigenvalue weighted by Crippen LogP contribution is -2.30. The smallest absolute Gasteiger partial charge is 0.306 e. The van der Waals surface area contributed by atoms with Gasteiger partial charge in [0.1, 0.15) is 13.2 Å². The van der Waals surface area contributed by atoms with Crippen molar-refractivity contribution in [3.05, 3.63) is 134 Å². The van der Waals surface area contributed by atoms with Gasteiger partial charge in [0.25, 0.3) is 0 Å². The Morgan fingerprint density at radius 1 is 0.304 bits per heavy atom. The third-order valence-corrected chi connectivity index (χ3v) is 11.2. The highest BCUT2D eigenvalue weighted by atomic mass is 16.6. The number of allylic oxidation sites excluding steroid dienone is 22. The van der Waals surface area contributed by atoms with Crippen LogP contribution in [-0.4, -0.2) is 37.2 Å². The molecule has 6 nitrogen and oxygen atoms in total. The highest BCUT2D eigenvalue weighted by molar-refractivity contribution is 5.71. The summed E-state index contributed by atoms with van der Waals surface area (Å²) in [4.78, 5) is 38.0. The predicted molar refractivity (Wildman–Crippen MR) is 297 cm³/mol. The van der Waals surface area contributed by atoms with E-state index in [1.54, 1.807) is 0 Å². The molecule has 0 saturated heterocycles. The molecule has 0 aliphatic carbocycles. The standard InChI is InChI=1S/C63H100O6/c1-4-7-10-13-16-19-22-24-26-28-30-31-33-34-36-38-41-44-47-50-53-56-62(65)68-59-60(58-67-61(64)55-52-49-46-43-40-21-18-15-12-9-6-3)69-63(66)57-54-51-48-45-42-39-37-35-32-29-27-25-23-20-17-14-11-8-5-2/h7-8,10-11,16-17,19-20,24-27,30-32,34-36,39,42,48,51,60H,4-6,9,12-15,18,21-23,28-29,33,37-38,40-41,43-47,49-50,52-59H2,1-3H3/b10-7-,11-8-,19-16-,20-17-,26-24-,27-25-,31-30-,35-32-,36-34-,42-39-,51-48-. The highest BCUT2D eigenvalue weighted by Gasteiger charge is 2.19. The van der Waals surface area contributed by atoms with Gasteiger partial charge in [-0.3, -0.25) is 14.4 Å². The second-order valence-corrected chi connectivity index (χ2v) is 17.7. The first-order chi connectivity index (χ1) is 34.0. The number of ether oxygens (including phenoxy) is 3. The minimum absolute atomic E-state index is 0.117. The summed E-state index contributed by atoms with van der Waals surface area (Å²) in [5.41, 5.74) is 0. The van der Waals surface area contributed by atoms with Gasteiger partial charge in [-0.15, -0.1) is 0 Å². The van der Waals surface area contributed by atoms with Crippen molar-refractivity contribution < 1.29 is 28.6 Å². The summed E-state index contributed by atoms with van der Waals surface area (Å²) < 4.78 is 16.7. The van der Waals surface area contributed by atoms with E-state index in [2.05, 4.69) is 142 Å². The molecule has 0 aliphatic rings. The SMILES string of the molecule is CC/C=C\C/C=C\C/C=C\C/C=C\C/C=C\C/C=C\CCC(=O)OC(COC(=O)CCCCCCC/C=C\C/C=C\C/C=C\C/C=C\C/C=C\CC)COC(=O)CCCCCCCCCCCCC. The second-order valence-electron chi connectivity index (χ2n) is 17.7. The molecule has 0 aromatic carbocycles. The van der Waals surface area contributed by atoms with Gasteiger partial charge in [0.15, 0.2) is 6.10 Å². The number of unbranched alkanes of at least 4 members (excludes halogenated alkanes) is 15. The molecular weight excluding hydrogens is 853 g/mol. The molecule has 0 aliphatic heterocycles. The van der Waals surface area contributed by atoms with Crippen LogP contribution in [0.5, 0.6) is 0 Å². The molecule has 0 spiro atoms. The average molecular weight is 953 g/mol. The van der Waals surface area contributed by atoms with Crippen LogP contribution < -0.4 is 0 Å². The van der Waals surface area contributed by atoms with Crippen molar-refractivity contribution >= 4 is 17.9 Å². The monoisotopic (exact) mass is 953 g/mol. The van der Waals surface area contributed by atoms with Gasteiger partial charge in [0.2, 0.25) is 0 Å². The zero-order chi connectivity index (χ0) is 50.0. The van der Waals surface area contributed by atoms with Crippen molar-refractivity contribution in [3.63, 3.8) is 0 Å². The number of carbonyl (C=O) groups is 3. The molecule has 1 atom stereocenters. The number of esters is 3. The third kappa shape index (κ3) is 54.4. The minimum atomic E-state index is -0.830. The van der Waals surface area contributed by atoms with Crippen LogP contribution in [0.1, 0.15) is 226 Å². The molecule has 0 fully saturated rings. The van der Waals surface area contributed by atoms with Crippen LogP contribution in [0.15, 0.2) is 134 Å². The van der Waals surface area contributed by atoms with Gasteiger partial charge in [-0.1, -0.05) is 238 Å². The maximum atomic E-state index is 12.8. The van der Waals surface area contributed by atoms with Crippen molar-refractivity contribution in [2.75, 3.05) is 13.2 Å². The van der Waals surface area contributed by atoms with E-state index >= 15 is 0 Å². The summed E-state index contributed by atoms with van der Waals surface area (Å²) in [6.45, 7) is 6.31. The lowest BCUT2D eigenvalue weighted by Gasteiger charge is -2.18. The summed E-state index contributed by atoms with van der Waals surface area (Å²) in [6.07, 6.45) is 78.8. The maximum absolute atomic E-state index is 12.8. The van der Waals surface area contributed by atoms with Gasteiger partial charge < -0.3 is 14.2 Å². The van der Waals surface area contributed by atoms with E-state index in [9.17, 15) is 14.4 Å². The predicted octanol–water partition coefficient (Wildman–Crippen LogP) is 18.6. The summed E-state index contributed by atoms with van der Waals surface area (Å²) in [6, 6.07) is 0. The van der Waals surface area contributed by atoms with E-state index in [1.165, 1.54) is 51.4 Å². The van der Waals surface area contributed by atoms with Gasteiger partial charge in [0.05, 0.1) is 0 Å². The third-order valence-electron chi connectivity index (χ3n) is 11.2. The maximum Gasteiger partial charge on any atom is 0.306 e. The van der Waals surface area contributed by atoms with Crippen LogP contribution in [0.3, 0.4) is 0 Å². The Labute approximate surface area is 424 Å². The summed E-state index contributed by atoms with van der Waals surface area (Å²) in [7, 11) is 0. The molecule has 0 aromatic heterocycles. The van der Waals surface area contributed by atoms with Crippen LogP contribution in [0.4, 0.5) is 0 Å². The zero-order valence-electron chi connectivity index (χ0n) is 44.3. The van der Waals surface area contributed by atoms with Gasteiger partial charge in [-0.25, -0.2) is 0 Å². The first-order valence-corrected chi connectivity index (χ1v) is 27.7. The van der Waals surface area contributed by atoms with E-state index in [0.29, 0.717) is 19.3 Å². The Hall–Kier alpha value is -4.45. The summed E-state index contributed by atoms with van der Waals surface area (Å²) in [5, 5.41) is 0. The fourth-order valence-corrected chi connectivity index (χ4v) is 7.08. The fraction of sp³-hybridized carbons (Fsp3) is 0.603. The minimum Gasteiger partial charge on any atom is -0.462 e. The van der Waals surface area contributed by atoms with Crippen LogP contribution in [0.2, 0.25) is 0 Å². The van der Waals surface area contributed by atoms with Crippen molar-refractivity contribution in [1.82, 2.24) is 0 Å². The van der Waals surface area contributed by atoms with Crippen molar-refractivity contribution in [1.29, 1.82) is 0 Å². The van der Waals surface area contributed by atoms with E-state index in [0.717, 1.165) is 128 Å². The van der Waals surface area contributed by atoms with E-state index < -0.39 is 12.1 Å². The van der Waals surface area contributed by atoms with Crippen LogP contribution in [0.25, 0.3) is 0 Å². The Morgan fingerprint density at radius 2 is 0.594 bits per heavy atom. The molecule has 0 saturated carbocycles. The first-order valence-electron chi connectivity index (χ1n) is 27.7. The van der Waals surface area contributed by atoms with E-state index in [4.69, 9.17) is 14.2 Å². The molecule has 0 heterocycles. The Morgan fingerprint density at radius 3 is 0.942 bits per heavy atom. The molecule has 0 amide bonds. The van der Waals surface area contributed by atoms with Crippen molar-refractivity contribution in [3.8, 4) is 0 Å². The normalized spacial score (nSPS) is 13.1. The quantitative estimate of drug-likeness (QED) is 0.0262. The van der Waals surface area contributed by atoms with Crippen LogP contribution in [0, 0.1) is 0 Å². The fourth-order valence-electron chi connectivity index (χ4n) is 7.08. The number of hydrogen-bond acceptors (Lipinski definition) is 6. The molecule has 0 N–H and O–H groups in total. The zero-order valence-corrected chi connectivity index (χ0v) is 44.3. The van der Waals surface area contributed by atoms with Crippen molar-refractivity contribution in [2.24, 2.45) is 0 Å². The second kappa shape index (κ2) is 56.1. The number of carbonyl (C=O) groups excluding carboxylic acids is 3. The summed E-state index contributed by atoms with van der Waals surface area (Å²) in [5.74, 6) is -1.03. The lowest BCUT2D eigenvalue weighted by atomic mass is 10.1. The number of hydrogen-bond donors (Lipinski definition) is 0. The van der Waals surface area contributed by atoms with Gasteiger partial charge in [-0.05, 0) is 103 Å². The van der Waals surface area contributed by atoms with E-state index in [-0.39, 0.29) is 31.6 Å². The molecule has 0 bridgehead atoms. The molecule has 0 aromatic rings. The molecule has 0 radical (unpaired) electrons. The molecule has 6 heteroatoms. The molecule has 388 valence electrons. The number of rotatable bonds is 48. The van der Waals surface area contributed by atoms with Crippen LogP contribution >= 0.6 is 0 Å². The topological polar surface area (TPSA) is 78.9 Å². The molecule has 1 unspecified atom stereocenters. The molecular formula is C63H100O6. The highest BCUT2D eigenvalue weighted by Crippen LogP contribution is 2.13. The average Bonchev–Trinajstić information content (AvgIpc) is 3.35. The molecule has 69 heavy (non-hydrogen) atoms.